The summed E-state index contributed by atoms with van der Waals surface area (Å²) in [5.74, 6) is -0.513. The van der Waals surface area contributed by atoms with Crippen molar-refractivity contribution in [3.8, 4) is 5.75 Å². The second-order valence-corrected chi connectivity index (χ2v) is 5.59. The molecule has 128 valence electrons. The van der Waals surface area contributed by atoms with Crippen LogP contribution in [-0.2, 0) is 26.7 Å². The molecule has 0 spiro atoms. The number of carbonyl (C=O) groups excluding carboxylic acids is 2. The van der Waals surface area contributed by atoms with Gasteiger partial charge in [0.05, 0.1) is 20.8 Å². The molecule has 0 amide bonds. The minimum absolute atomic E-state index is 0.257. The van der Waals surface area contributed by atoms with Crippen molar-refractivity contribution in [3.63, 3.8) is 0 Å². The van der Waals surface area contributed by atoms with Crippen LogP contribution in [0.1, 0.15) is 43.4 Å². The van der Waals surface area contributed by atoms with Crippen LogP contribution in [0.2, 0.25) is 0 Å². The van der Waals surface area contributed by atoms with Crippen molar-refractivity contribution in [2.75, 3.05) is 20.8 Å². The number of aromatic nitrogens is 2. The molecule has 7 nitrogen and oxygen atoms in total. The van der Waals surface area contributed by atoms with E-state index in [2.05, 4.69) is 5.10 Å². The van der Waals surface area contributed by atoms with Crippen LogP contribution in [0.25, 0.3) is 0 Å². The van der Waals surface area contributed by atoms with Gasteiger partial charge in [0.2, 0.25) is 0 Å². The molecule has 0 aliphatic heterocycles. The van der Waals surface area contributed by atoms with Gasteiger partial charge in [-0.25, -0.2) is 9.59 Å². The fraction of sp³-hybridized carbons (Fsp3) is 0.562. The Bertz CT molecular complexity index is 602. The molecule has 0 N–H and O–H groups in total. The smallest absolute Gasteiger partial charge is 0.360 e. The maximum Gasteiger partial charge on any atom is 0.360 e. The largest absolute Gasteiger partial charge is 0.492 e. The number of rotatable bonds is 7. The molecule has 23 heavy (non-hydrogen) atoms. The molecular formula is C16H24N2O5. The van der Waals surface area contributed by atoms with E-state index in [-0.39, 0.29) is 11.7 Å². The first kappa shape index (κ1) is 18.7. The van der Waals surface area contributed by atoms with Crippen molar-refractivity contribution in [3.05, 3.63) is 23.5 Å². The van der Waals surface area contributed by atoms with Crippen molar-refractivity contribution in [2.24, 2.45) is 7.05 Å². The Balaban J connectivity index is 3.09. The van der Waals surface area contributed by atoms with E-state index in [1.54, 1.807) is 20.0 Å². The molecule has 0 radical (unpaired) electrons. The number of aryl methyl sites for hydroxylation is 1. The van der Waals surface area contributed by atoms with Gasteiger partial charge < -0.3 is 14.2 Å². The van der Waals surface area contributed by atoms with Crippen LogP contribution in [0.3, 0.4) is 0 Å². The maximum absolute atomic E-state index is 11.9. The number of nitrogens with zero attached hydrogens (tertiary/aromatic N) is 2. The van der Waals surface area contributed by atoms with Gasteiger partial charge in [-0.1, -0.05) is 19.9 Å². The summed E-state index contributed by atoms with van der Waals surface area (Å²) in [6.07, 6.45) is 3.64. The normalized spacial score (nSPS) is 11.6. The zero-order chi connectivity index (χ0) is 17.6. The van der Waals surface area contributed by atoms with Crippen molar-refractivity contribution >= 4 is 11.9 Å². The zero-order valence-corrected chi connectivity index (χ0v) is 14.5. The highest BCUT2D eigenvalue weighted by Crippen LogP contribution is 2.36. The monoisotopic (exact) mass is 324 g/mol. The molecule has 0 aliphatic carbocycles. The lowest BCUT2D eigenvalue weighted by Gasteiger charge is -2.21. The van der Waals surface area contributed by atoms with E-state index in [0.717, 1.165) is 0 Å². The molecule has 0 fully saturated rings. The fourth-order valence-corrected chi connectivity index (χ4v) is 2.20. The Labute approximate surface area is 136 Å². The molecule has 1 aromatic heterocycles. The average molecular weight is 324 g/mol. The second-order valence-electron chi connectivity index (χ2n) is 5.59. The third-order valence-electron chi connectivity index (χ3n) is 3.40. The SMILES string of the molecule is CCOC(=O)/C=C/CC(C)(C)c1nn(C)c(C(=O)OC)c1OC. The Morgan fingerprint density at radius 3 is 2.48 bits per heavy atom. The predicted octanol–water partition coefficient (Wildman–Crippen LogP) is 2.00. The molecule has 0 aromatic carbocycles. The lowest BCUT2D eigenvalue weighted by Crippen LogP contribution is -2.18. The van der Waals surface area contributed by atoms with E-state index in [4.69, 9.17) is 14.2 Å². The molecule has 1 aromatic rings. The first-order valence-corrected chi connectivity index (χ1v) is 7.31. The highest BCUT2D eigenvalue weighted by atomic mass is 16.5. The van der Waals surface area contributed by atoms with Gasteiger partial charge in [-0.3, -0.25) is 4.68 Å². The second kappa shape index (κ2) is 7.80. The first-order chi connectivity index (χ1) is 10.8. The number of methoxy groups -OCH3 is 2. The summed E-state index contributed by atoms with van der Waals surface area (Å²) in [6, 6.07) is 0. The van der Waals surface area contributed by atoms with Crippen molar-refractivity contribution in [2.45, 2.75) is 32.6 Å². The standard InChI is InChI=1S/C16H24N2O5/c1-7-23-11(19)9-8-10-16(2,3)14-13(21-5)12(15(20)22-6)18(4)17-14/h8-9H,7,10H2,1-6H3/b9-8+. The molecule has 0 saturated carbocycles. The van der Waals surface area contributed by atoms with Gasteiger partial charge in [-0.2, -0.15) is 5.10 Å². The maximum atomic E-state index is 11.9. The molecule has 0 aliphatic rings. The van der Waals surface area contributed by atoms with Crippen LogP contribution >= 0.6 is 0 Å². The average Bonchev–Trinajstić information content (AvgIpc) is 2.84. The number of hydrogen-bond acceptors (Lipinski definition) is 6. The quantitative estimate of drug-likeness (QED) is 0.564. The summed E-state index contributed by atoms with van der Waals surface area (Å²) in [4.78, 5) is 23.3. The lowest BCUT2D eigenvalue weighted by molar-refractivity contribution is -0.137. The van der Waals surface area contributed by atoms with Crippen molar-refractivity contribution < 1.29 is 23.8 Å². The molecule has 0 saturated heterocycles. The highest BCUT2D eigenvalue weighted by Gasteiger charge is 2.32. The van der Waals surface area contributed by atoms with Crippen molar-refractivity contribution in [1.29, 1.82) is 0 Å². The van der Waals surface area contributed by atoms with Gasteiger partial charge in [-0.15, -0.1) is 0 Å². The van der Waals surface area contributed by atoms with Gasteiger partial charge in [0.25, 0.3) is 0 Å². The van der Waals surface area contributed by atoms with Crippen LogP contribution in [0, 0.1) is 0 Å². The van der Waals surface area contributed by atoms with Gasteiger partial charge >= 0.3 is 11.9 Å². The topological polar surface area (TPSA) is 79.7 Å². The summed E-state index contributed by atoms with van der Waals surface area (Å²) in [7, 11) is 4.45. The molecule has 7 heteroatoms. The van der Waals surface area contributed by atoms with Gasteiger partial charge in [0, 0.05) is 18.5 Å². The van der Waals surface area contributed by atoms with Crippen LogP contribution in [0.4, 0.5) is 0 Å². The molecule has 0 atom stereocenters. The van der Waals surface area contributed by atoms with E-state index in [1.807, 2.05) is 13.8 Å². The van der Waals surface area contributed by atoms with Gasteiger partial charge in [-0.05, 0) is 13.3 Å². The Morgan fingerprint density at radius 2 is 1.96 bits per heavy atom. The van der Waals surface area contributed by atoms with Crippen molar-refractivity contribution in [1.82, 2.24) is 9.78 Å². The van der Waals surface area contributed by atoms with E-state index < -0.39 is 11.4 Å². The fourth-order valence-electron chi connectivity index (χ4n) is 2.20. The number of hydrogen-bond donors (Lipinski definition) is 0. The molecule has 1 rings (SSSR count). The minimum atomic E-state index is -0.513. The van der Waals surface area contributed by atoms with E-state index in [0.29, 0.717) is 24.5 Å². The van der Waals surface area contributed by atoms with Crippen LogP contribution in [-0.4, -0.2) is 42.5 Å². The summed E-state index contributed by atoms with van der Waals surface area (Å²) in [5, 5.41) is 4.40. The third-order valence-corrected chi connectivity index (χ3v) is 3.40. The van der Waals surface area contributed by atoms with E-state index in [9.17, 15) is 9.59 Å². The third kappa shape index (κ3) is 4.34. The zero-order valence-electron chi connectivity index (χ0n) is 14.5. The van der Waals surface area contributed by atoms with E-state index in [1.165, 1.54) is 25.0 Å². The summed E-state index contributed by atoms with van der Waals surface area (Å²) < 4.78 is 16.4. The summed E-state index contributed by atoms with van der Waals surface area (Å²) in [6.45, 7) is 5.99. The highest BCUT2D eigenvalue weighted by molar-refractivity contribution is 5.91. The first-order valence-electron chi connectivity index (χ1n) is 7.31. The van der Waals surface area contributed by atoms with Gasteiger partial charge in [0.15, 0.2) is 11.4 Å². The molecule has 1 heterocycles. The van der Waals surface area contributed by atoms with E-state index >= 15 is 0 Å². The number of allylic oxidation sites excluding steroid dienone is 1. The van der Waals surface area contributed by atoms with Crippen LogP contribution < -0.4 is 4.74 Å². The minimum Gasteiger partial charge on any atom is -0.492 e. The number of esters is 2. The number of carbonyl (C=O) groups is 2. The lowest BCUT2D eigenvalue weighted by atomic mass is 9.85. The van der Waals surface area contributed by atoms with Crippen LogP contribution in [0.5, 0.6) is 5.75 Å². The molecule has 0 bridgehead atoms. The Kier molecular flexibility index (Phi) is 6.36. The van der Waals surface area contributed by atoms with Crippen LogP contribution in [0.15, 0.2) is 12.2 Å². The Morgan fingerprint density at radius 1 is 1.30 bits per heavy atom. The summed E-state index contributed by atoms with van der Waals surface area (Å²) in [5.41, 5.74) is 0.433. The predicted molar refractivity (Wildman–Crippen MR) is 84.5 cm³/mol. The molecular weight excluding hydrogens is 300 g/mol. The Hall–Kier alpha value is -2.31. The summed E-state index contributed by atoms with van der Waals surface area (Å²) >= 11 is 0. The number of ether oxygens (including phenoxy) is 3. The molecule has 0 unspecified atom stereocenters. The van der Waals surface area contributed by atoms with Gasteiger partial charge in [0.1, 0.15) is 5.69 Å².